The lowest BCUT2D eigenvalue weighted by Gasteiger charge is -2.13. The second-order valence-corrected chi connectivity index (χ2v) is 6.84. The monoisotopic (exact) mass is 409 g/mol. The second kappa shape index (κ2) is 8.92. The summed E-state index contributed by atoms with van der Waals surface area (Å²) in [4.78, 5) is 28.7. The summed E-state index contributed by atoms with van der Waals surface area (Å²) in [6, 6.07) is 25.5. The Morgan fingerprint density at radius 3 is 2.16 bits per heavy atom. The van der Waals surface area contributed by atoms with Crippen LogP contribution in [0.2, 0.25) is 0 Å². The van der Waals surface area contributed by atoms with Crippen molar-refractivity contribution in [2.45, 2.75) is 0 Å². The van der Waals surface area contributed by atoms with Crippen molar-refractivity contribution in [2.24, 2.45) is 0 Å². The van der Waals surface area contributed by atoms with Crippen LogP contribution in [0.4, 0.5) is 17.1 Å². The molecule has 0 aliphatic rings. The van der Waals surface area contributed by atoms with Crippen LogP contribution < -0.4 is 10.6 Å². The summed E-state index contributed by atoms with van der Waals surface area (Å²) in [7, 11) is 0. The Kier molecular flexibility index (Phi) is 5.71. The number of carbonyl (C=O) groups is 2. The van der Waals surface area contributed by atoms with Gasteiger partial charge in [-0.15, -0.1) is 0 Å². The lowest BCUT2D eigenvalue weighted by atomic mass is 10.1. The molecular formula is C25H19N3O3. The van der Waals surface area contributed by atoms with Crippen LogP contribution in [0, 0.1) is 0 Å². The van der Waals surface area contributed by atoms with Crippen LogP contribution in [0.5, 0.6) is 0 Å². The summed E-state index contributed by atoms with van der Waals surface area (Å²) in [5.41, 5.74) is 3.77. The van der Waals surface area contributed by atoms with Gasteiger partial charge in [0.2, 0.25) is 0 Å². The summed E-state index contributed by atoms with van der Waals surface area (Å²) in [5.74, 6) is -1.57. The van der Waals surface area contributed by atoms with Crippen LogP contribution >= 0.6 is 0 Å². The molecule has 1 amide bonds. The number of amides is 1. The Hall–Kier alpha value is -4.45. The van der Waals surface area contributed by atoms with E-state index in [1.165, 1.54) is 12.3 Å². The highest BCUT2D eigenvalue weighted by Crippen LogP contribution is 2.25. The molecule has 3 N–H and O–H groups in total. The van der Waals surface area contributed by atoms with Gasteiger partial charge in [-0.3, -0.25) is 9.78 Å². The quantitative estimate of drug-likeness (QED) is 0.394. The number of nitrogens with zero attached hydrogens (tertiary/aromatic N) is 1. The average molecular weight is 409 g/mol. The lowest BCUT2D eigenvalue weighted by Crippen LogP contribution is -2.15. The number of carboxylic acids is 1. The molecule has 4 rings (SSSR count). The van der Waals surface area contributed by atoms with E-state index in [2.05, 4.69) is 15.6 Å². The van der Waals surface area contributed by atoms with Gasteiger partial charge in [0, 0.05) is 29.3 Å². The molecule has 6 nitrogen and oxygen atoms in total. The van der Waals surface area contributed by atoms with Crippen LogP contribution in [0.3, 0.4) is 0 Å². The first kappa shape index (κ1) is 19.8. The van der Waals surface area contributed by atoms with Crippen LogP contribution in [0.15, 0.2) is 97.3 Å². The molecule has 4 aromatic rings. The van der Waals surface area contributed by atoms with Crippen molar-refractivity contribution < 1.29 is 14.7 Å². The second-order valence-electron chi connectivity index (χ2n) is 6.84. The van der Waals surface area contributed by atoms with E-state index in [9.17, 15) is 14.7 Å². The lowest BCUT2D eigenvalue weighted by molar-refractivity contribution is 0.0698. The standard InChI is InChI=1S/C25H19N3O3/c29-24(19-13-18(15-26-16-19)17-7-3-1-4-8-17)28-23-14-21(11-12-22(23)25(30)31)27-20-9-5-2-6-10-20/h1-16,27H,(H,28,29)(H,30,31). The molecule has 0 saturated carbocycles. The molecule has 0 radical (unpaired) electrons. The van der Waals surface area contributed by atoms with E-state index in [0.717, 1.165) is 16.8 Å². The molecule has 0 fully saturated rings. The van der Waals surface area contributed by atoms with E-state index in [-0.39, 0.29) is 11.3 Å². The fraction of sp³-hybridized carbons (Fsp3) is 0. The molecular weight excluding hydrogens is 390 g/mol. The maximum atomic E-state index is 12.9. The predicted octanol–water partition coefficient (Wildman–Crippen LogP) is 5.44. The average Bonchev–Trinajstić information content (AvgIpc) is 2.80. The van der Waals surface area contributed by atoms with Crippen molar-refractivity contribution >= 4 is 28.9 Å². The third kappa shape index (κ3) is 4.76. The Balaban J connectivity index is 1.61. The number of hydrogen-bond donors (Lipinski definition) is 3. The van der Waals surface area contributed by atoms with Crippen LogP contribution in [0.25, 0.3) is 11.1 Å². The van der Waals surface area contributed by atoms with Crippen molar-refractivity contribution in [3.05, 3.63) is 108 Å². The van der Waals surface area contributed by atoms with E-state index in [0.29, 0.717) is 11.3 Å². The third-order valence-electron chi connectivity index (χ3n) is 4.67. The third-order valence-corrected chi connectivity index (χ3v) is 4.67. The number of carboxylic acid groups (broad SMARTS) is 1. The molecule has 152 valence electrons. The first-order chi connectivity index (χ1) is 15.1. The number of carbonyl (C=O) groups excluding carboxylic acids is 1. The molecule has 0 aliphatic heterocycles. The highest BCUT2D eigenvalue weighted by molar-refractivity contribution is 6.08. The van der Waals surface area contributed by atoms with Gasteiger partial charge >= 0.3 is 5.97 Å². The SMILES string of the molecule is O=C(Nc1cc(Nc2ccccc2)ccc1C(=O)O)c1cncc(-c2ccccc2)c1. The largest absolute Gasteiger partial charge is 0.478 e. The highest BCUT2D eigenvalue weighted by Gasteiger charge is 2.15. The van der Waals surface area contributed by atoms with E-state index < -0.39 is 11.9 Å². The van der Waals surface area contributed by atoms with E-state index in [1.54, 1.807) is 24.4 Å². The van der Waals surface area contributed by atoms with Gasteiger partial charge in [-0.2, -0.15) is 0 Å². The maximum Gasteiger partial charge on any atom is 0.337 e. The van der Waals surface area contributed by atoms with Crippen molar-refractivity contribution in [3.8, 4) is 11.1 Å². The Morgan fingerprint density at radius 1 is 0.742 bits per heavy atom. The van der Waals surface area contributed by atoms with Gasteiger partial charge in [0.15, 0.2) is 0 Å². The molecule has 6 heteroatoms. The zero-order valence-corrected chi connectivity index (χ0v) is 16.4. The molecule has 0 aliphatic carbocycles. The molecule has 0 bridgehead atoms. The molecule has 0 unspecified atom stereocenters. The van der Waals surface area contributed by atoms with Gasteiger partial charge in [-0.1, -0.05) is 48.5 Å². The molecule has 1 aromatic heterocycles. The fourth-order valence-corrected chi connectivity index (χ4v) is 3.15. The highest BCUT2D eigenvalue weighted by atomic mass is 16.4. The number of para-hydroxylation sites is 1. The fourth-order valence-electron chi connectivity index (χ4n) is 3.15. The van der Waals surface area contributed by atoms with Crippen molar-refractivity contribution in [1.29, 1.82) is 0 Å². The predicted molar refractivity (Wildman–Crippen MR) is 121 cm³/mol. The van der Waals surface area contributed by atoms with E-state index in [1.807, 2.05) is 60.7 Å². The zero-order chi connectivity index (χ0) is 21.6. The summed E-state index contributed by atoms with van der Waals surface area (Å²) in [6.07, 6.45) is 3.13. The number of rotatable bonds is 6. The van der Waals surface area contributed by atoms with Crippen LogP contribution in [-0.4, -0.2) is 22.0 Å². The number of benzene rings is 3. The minimum Gasteiger partial charge on any atom is -0.478 e. The van der Waals surface area contributed by atoms with Gasteiger partial charge < -0.3 is 15.7 Å². The van der Waals surface area contributed by atoms with E-state index >= 15 is 0 Å². The van der Waals surface area contributed by atoms with Crippen molar-refractivity contribution in [2.75, 3.05) is 10.6 Å². The Morgan fingerprint density at radius 2 is 1.45 bits per heavy atom. The molecule has 0 atom stereocenters. The summed E-state index contributed by atoms with van der Waals surface area (Å²) in [5, 5.41) is 15.4. The molecule has 31 heavy (non-hydrogen) atoms. The normalized spacial score (nSPS) is 10.3. The minimum atomic E-state index is -1.13. The van der Waals surface area contributed by atoms with Gasteiger partial charge in [0.1, 0.15) is 0 Å². The maximum absolute atomic E-state index is 12.9. The summed E-state index contributed by atoms with van der Waals surface area (Å²) in [6.45, 7) is 0. The first-order valence-corrected chi connectivity index (χ1v) is 9.61. The van der Waals surface area contributed by atoms with Gasteiger partial charge in [-0.05, 0) is 42.0 Å². The summed E-state index contributed by atoms with van der Waals surface area (Å²) >= 11 is 0. The van der Waals surface area contributed by atoms with Gasteiger partial charge in [0.25, 0.3) is 5.91 Å². The zero-order valence-electron chi connectivity index (χ0n) is 16.4. The van der Waals surface area contributed by atoms with Crippen molar-refractivity contribution in [3.63, 3.8) is 0 Å². The number of aromatic carboxylic acids is 1. The van der Waals surface area contributed by atoms with Crippen molar-refractivity contribution in [1.82, 2.24) is 4.98 Å². The number of nitrogens with one attached hydrogen (secondary N) is 2. The first-order valence-electron chi connectivity index (χ1n) is 9.61. The number of hydrogen-bond acceptors (Lipinski definition) is 4. The smallest absolute Gasteiger partial charge is 0.337 e. The Bertz CT molecular complexity index is 1230. The van der Waals surface area contributed by atoms with E-state index in [4.69, 9.17) is 0 Å². The number of anilines is 3. The molecule has 0 spiro atoms. The van der Waals surface area contributed by atoms with Gasteiger partial charge in [-0.25, -0.2) is 4.79 Å². The molecule has 1 heterocycles. The van der Waals surface area contributed by atoms with Crippen LogP contribution in [0.1, 0.15) is 20.7 Å². The van der Waals surface area contributed by atoms with Gasteiger partial charge in [0.05, 0.1) is 16.8 Å². The Labute approximate surface area is 179 Å². The number of aromatic nitrogens is 1. The number of pyridine rings is 1. The summed E-state index contributed by atoms with van der Waals surface area (Å²) < 4.78 is 0. The van der Waals surface area contributed by atoms with Crippen LogP contribution in [-0.2, 0) is 0 Å². The minimum absolute atomic E-state index is 0.000801. The molecule has 3 aromatic carbocycles. The topological polar surface area (TPSA) is 91.3 Å². The molecule has 0 saturated heterocycles.